The van der Waals surface area contributed by atoms with Gasteiger partial charge in [-0.05, 0) is 0 Å². The first kappa shape index (κ1) is 17.2. The molecule has 6 nitrogen and oxygen atoms in total. The monoisotopic (exact) mass is 330 g/mol. The standard InChI is InChI=1S/C10H22N2O4S3/c1-18(13,14)8-4-11-3-5-12-6-7-17-9-10(12)19(2,15)16/h10-11H,3-9H2,1-2H3. The van der Waals surface area contributed by atoms with Gasteiger partial charge in [0.05, 0.1) is 5.75 Å². The molecule has 1 rings (SSSR count). The van der Waals surface area contributed by atoms with E-state index in [0.717, 1.165) is 12.3 Å². The number of hydrogen-bond acceptors (Lipinski definition) is 7. The predicted octanol–water partition coefficient (Wildman–Crippen LogP) is -0.960. The third kappa shape index (κ3) is 6.94. The van der Waals surface area contributed by atoms with Gasteiger partial charge in [-0.25, -0.2) is 16.8 Å². The minimum absolute atomic E-state index is 0.109. The summed E-state index contributed by atoms with van der Waals surface area (Å²) >= 11 is 1.66. The summed E-state index contributed by atoms with van der Waals surface area (Å²) < 4.78 is 45.2. The summed E-state index contributed by atoms with van der Waals surface area (Å²) in [6.45, 7) is 2.40. The maximum atomic E-state index is 11.7. The Morgan fingerprint density at radius 2 is 1.89 bits per heavy atom. The molecule has 1 aliphatic heterocycles. The minimum atomic E-state index is -3.06. The molecule has 1 aliphatic rings. The second-order valence-electron chi connectivity index (χ2n) is 4.77. The molecule has 0 aromatic heterocycles. The fourth-order valence-electron chi connectivity index (χ4n) is 1.87. The van der Waals surface area contributed by atoms with Gasteiger partial charge in [0.1, 0.15) is 15.2 Å². The van der Waals surface area contributed by atoms with Crippen molar-refractivity contribution in [2.24, 2.45) is 0 Å². The van der Waals surface area contributed by atoms with Crippen LogP contribution in [-0.2, 0) is 19.7 Å². The molecular weight excluding hydrogens is 308 g/mol. The largest absolute Gasteiger partial charge is 0.314 e. The second kappa shape index (κ2) is 7.26. The van der Waals surface area contributed by atoms with Gasteiger partial charge in [-0.2, -0.15) is 11.8 Å². The smallest absolute Gasteiger partial charge is 0.164 e. The van der Waals surface area contributed by atoms with Gasteiger partial charge < -0.3 is 5.32 Å². The average Bonchev–Trinajstić information content (AvgIpc) is 2.26. The lowest BCUT2D eigenvalue weighted by Crippen LogP contribution is -2.49. The minimum Gasteiger partial charge on any atom is -0.314 e. The number of nitrogens with one attached hydrogen (secondary N) is 1. The Morgan fingerprint density at radius 3 is 2.47 bits per heavy atom. The average molecular weight is 330 g/mol. The van der Waals surface area contributed by atoms with Crippen LogP contribution in [0.1, 0.15) is 0 Å². The van der Waals surface area contributed by atoms with Crippen molar-refractivity contribution in [1.82, 2.24) is 10.2 Å². The Kier molecular flexibility index (Phi) is 6.58. The number of thioether (sulfide) groups is 1. The summed E-state index contributed by atoms with van der Waals surface area (Å²) in [7, 11) is -6.00. The molecule has 0 bridgehead atoms. The van der Waals surface area contributed by atoms with Gasteiger partial charge >= 0.3 is 0 Å². The van der Waals surface area contributed by atoms with E-state index in [1.807, 2.05) is 4.90 Å². The molecule has 1 heterocycles. The second-order valence-corrected chi connectivity index (χ2v) is 10.4. The lowest BCUT2D eigenvalue weighted by Gasteiger charge is -2.33. The highest BCUT2D eigenvalue weighted by atomic mass is 32.2. The highest BCUT2D eigenvalue weighted by Crippen LogP contribution is 2.19. The van der Waals surface area contributed by atoms with Gasteiger partial charge in [-0.1, -0.05) is 0 Å². The van der Waals surface area contributed by atoms with E-state index in [9.17, 15) is 16.8 Å². The molecule has 0 aromatic rings. The van der Waals surface area contributed by atoms with Crippen LogP contribution in [0.5, 0.6) is 0 Å². The molecule has 0 spiro atoms. The predicted molar refractivity (Wildman–Crippen MR) is 80.1 cm³/mol. The highest BCUT2D eigenvalue weighted by molar-refractivity contribution is 8.00. The number of hydrogen-bond donors (Lipinski definition) is 1. The van der Waals surface area contributed by atoms with Crippen LogP contribution in [0.4, 0.5) is 0 Å². The van der Waals surface area contributed by atoms with Gasteiger partial charge in [0.2, 0.25) is 0 Å². The SMILES string of the molecule is CS(=O)(=O)CCNCCN1CCSCC1S(C)(=O)=O. The molecule has 0 radical (unpaired) electrons. The highest BCUT2D eigenvalue weighted by Gasteiger charge is 2.30. The normalized spacial score (nSPS) is 22.5. The van der Waals surface area contributed by atoms with Gasteiger partial charge in [0, 0.05) is 50.2 Å². The van der Waals surface area contributed by atoms with Crippen LogP contribution in [0.25, 0.3) is 0 Å². The zero-order chi connectivity index (χ0) is 14.5. The van der Waals surface area contributed by atoms with Crippen LogP contribution >= 0.6 is 11.8 Å². The third-order valence-electron chi connectivity index (χ3n) is 2.91. The first-order valence-electron chi connectivity index (χ1n) is 6.09. The van der Waals surface area contributed by atoms with Crippen LogP contribution in [0.3, 0.4) is 0 Å². The van der Waals surface area contributed by atoms with E-state index in [-0.39, 0.29) is 5.75 Å². The lowest BCUT2D eigenvalue weighted by atomic mass is 10.4. The van der Waals surface area contributed by atoms with Crippen molar-refractivity contribution in [2.75, 3.05) is 55.9 Å². The van der Waals surface area contributed by atoms with E-state index in [0.29, 0.717) is 25.4 Å². The molecule has 0 aliphatic carbocycles. The maximum absolute atomic E-state index is 11.7. The molecule has 1 N–H and O–H groups in total. The van der Waals surface area contributed by atoms with Gasteiger partial charge in [0.25, 0.3) is 0 Å². The fourth-order valence-corrected chi connectivity index (χ4v) is 5.36. The van der Waals surface area contributed by atoms with Crippen LogP contribution in [-0.4, -0.2) is 83.1 Å². The van der Waals surface area contributed by atoms with E-state index < -0.39 is 25.0 Å². The number of sulfone groups is 2. The first-order chi connectivity index (χ1) is 8.70. The van der Waals surface area contributed by atoms with Crippen LogP contribution in [0, 0.1) is 0 Å². The quantitative estimate of drug-likeness (QED) is 0.602. The Bertz CT molecular complexity index is 475. The summed E-state index contributed by atoms with van der Waals surface area (Å²) in [6, 6.07) is 0. The number of nitrogens with zero attached hydrogens (tertiary/aromatic N) is 1. The summed E-state index contributed by atoms with van der Waals surface area (Å²) in [4.78, 5) is 1.96. The molecular formula is C10H22N2O4S3. The summed E-state index contributed by atoms with van der Waals surface area (Å²) in [5, 5.41) is 2.62. The van der Waals surface area contributed by atoms with E-state index in [1.165, 1.54) is 12.5 Å². The molecule has 114 valence electrons. The Hall–Kier alpha value is 0.170. The van der Waals surface area contributed by atoms with Crippen molar-refractivity contribution < 1.29 is 16.8 Å². The zero-order valence-corrected chi connectivity index (χ0v) is 13.8. The number of rotatable bonds is 7. The molecule has 0 amide bonds. The van der Waals surface area contributed by atoms with Gasteiger partial charge in [-0.3, -0.25) is 4.90 Å². The lowest BCUT2D eigenvalue weighted by molar-refractivity contribution is 0.271. The molecule has 1 unspecified atom stereocenters. The molecule has 19 heavy (non-hydrogen) atoms. The van der Waals surface area contributed by atoms with Crippen molar-refractivity contribution in [1.29, 1.82) is 0 Å². The molecule has 1 fully saturated rings. The Labute approximate surface area is 120 Å². The van der Waals surface area contributed by atoms with Crippen molar-refractivity contribution in [3.05, 3.63) is 0 Å². The van der Waals surface area contributed by atoms with Crippen molar-refractivity contribution in [2.45, 2.75) is 5.37 Å². The zero-order valence-electron chi connectivity index (χ0n) is 11.3. The summed E-state index contributed by atoms with van der Waals surface area (Å²) in [6.07, 6.45) is 2.48. The van der Waals surface area contributed by atoms with Crippen LogP contribution in [0.2, 0.25) is 0 Å². The van der Waals surface area contributed by atoms with E-state index >= 15 is 0 Å². The van der Waals surface area contributed by atoms with Gasteiger partial charge in [-0.15, -0.1) is 0 Å². The summed E-state index contributed by atoms with van der Waals surface area (Å²) in [5.74, 6) is 1.66. The molecule has 1 atom stereocenters. The van der Waals surface area contributed by atoms with E-state index in [1.54, 1.807) is 11.8 Å². The van der Waals surface area contributed by atoms with Crippen molar-refractivity contribution in [3.8, 4) is 0 Å². The maximum Gasteiger partial charge on any atom is 0.164 e. The Balaban J connectivity index is 2.34. The fraction of sp³-hybridized carbons (Fsp3) is 1.00. The Morgan fingerprint density at radius 1 is 1.21 bits per heavy atom. The third-order valence-corrected chi connectivity index (χ3v) is 6.54. The van der Waals surface area contributed by atoms with E-state index in [2.05, 4.69) is 5.32 Å². The summed E-state index contributed by atoms with van der Waals surface area (Å²) in [5.41, 5.74) is 0. The molecule has 1 saturated heterocycles. The van der Waals surface area contributed by atoms with Crippen molar-refractivity contribution >= 4 is 31.4 Å². The molecule has 0 aromatic carbocycles. The van der Waals surface area contributed by atoms with E-state index in [4.69, 9.17) is 0 Å². The molecule has 9 heteroatoms. The van der Waals surface area contributed by atoms with Crippen LogP contribution < -0.4 is 5.32 Å². The topological polar surface area (TPSA) is 83.6 Å². The van der Waals surface area contributed by atoms with Crippen molar-refractivity contribution in [3.63, 3.8) is 0 Å². The first-order valence-corrected chi connectivity index (χ1v) is 11.3. The molecule has 0 saturated carbocycles. The van der Waals surface area contributed by atoms with Gasteiger partial charge in [0.15, 0.2) is 9.84 Å². The van der Waals surface area contributed by atoms with Crippen LogP contribution in [0.15, 0.2) is 0 Å².